The fraction of sp³-hybridized carbons (Fsp3) is 0.0588. The van der Waals surface area contributed by atoms with Crippen LogP contribution in [0.5, 0.6) is 0 Å². The zero-order valence-corrected chi connectivity index (χ0v) is 29.1. The third-order valence-electron chi connectivity index (χ3n) is 11.6. The molecule has 0 spiro atoms. The molecule has 1 heteroatoms. The standard InChI is InChI=1S/C51H34O/c1-51(2)45-26-24-33(28-43(45)41-25-23-34-29-47-44(30-42(34)50(41)51)36-17-10-11-22-46(36)52-47)32-15-12-16-35(27-32)49-39-20-8-6-18-37(39)48(31-13-4-3-5-14-31)38-19-7-9-21-40(38)49/h3-30H,1-2H3. The molecule has 1 aliphatic rings. The largest absolute Gasteiger partial charge is 0.456 e. The van der Waals surface area contributed by atoms with Crippen LogP contribution in [-0.4, -0.2) is 0 Å². The first-order valence-electron chi connectivity index (χ1n) is 18.2. The van der Waals surface area contributed by atoms with Crippen LogP contribution >= 0.6 is 0 Å². The van der Waals surface area contributed by atoms with Crippen molar-refractivity contribution < 1.29 is 4.42 Å². The molecule has 0 saturated heterocycles. The molecule has 244 valence electrons. The molecule has 1 aromatic heterocycles. The molecule has 0 N–H and O–H groups in total. The Morgan fingerprint density at radius 3 is 1.69 bits per heavy atom. The Hall–Kier alpha value is -6.44. The van der Waals surface area contributed by atoms with E-state index in [1.807, 2.05) is 6.07 Å². The van der Waals surface area contributed by atoms with Crippen molar-refractivity contribution in [2.75, 3.05) is 0 Å². The van der Waals surface area contributed by atoms with Crippen LogP contribution in [0.3, 0.4) is 0 Å². The molecule has 0 aliphatic heterocycles. The van der Waals surface area contributed by atoms with Crippen LogP contribution in [0, 0.1) is 0 Å². The van der Waals surface area contributed by atoms with Crippen molar-refractivity contribution in [3.8, 4) is 44.5 Å². The van der Waals surface area contributed by atoms with Crippen LogP contribution < -0.4 is 0 Å². The number of hydrogen-bond donors (Lipinski definition) is 0. The zero-order valence-electron chi connectivity index (χ0n) is 29.1. The normalized spacial score (nSPS) is 13.3. The second kappa shape index (κ2) is 10.8. The number of furan rings is 1. The summed E-state index contributed by atoms with van der Waals surface area (Å²) >= 11 is 0. The van der Waals surface area contributed by atoms with Gasteiger partial charge in [0, 0.05) is 16.2 Å². The monoisotopic (exact) mass is 662 g/mol. The second-order valence-electron chi connectivity index (χ2n) is 14.8. The number of rotatable bonds is 3. The van der Waals surface area contributed by atoms with E-state index in [1.54, 1.807) is 0 Å². The lowest BCUT2D eigenvalue weighted by Crippen LogP contribution is -2.15. The lowest BCUT2D eigenvalue weighted by Gasteiger charge is -2.23. The van der Waals surface area contributed by atoms with Crippen LogP contribution in [0.15, 0.2) is 174 Å². The maximum atomic E-state index is 6.27. The van der Waals surface area contributed by atoms with Crippen LogP contribution in [-0.2, 0) is 5.41 Å². The van der Waals surface area contributed by atoms with Crippen molar-refractivity contribution in [1.29, 1.82) is 0 Å². The summed E-state index contributed by atoms with van der Waals surface area (Å²) in [6.07, 6.45) is 0. The SMILES string of the molecule is CC1(C)c2ccc(-c3cccc(-c4c5ccccc5c(-c5ccccc5)c5ccccc45)c3)cc2-c2ccc3cc4oc5ccccc5c4cc3c21. The molecule has 52 heavy (non-hydrogen) atoms. The van der Waals surface area contributed by atoms with Gasteiger partial charge in [-0.25, -0.2) is 0 Å². The van der Waals surface area contributed by atoms with E-state index in [-0.39, 0.29) is 5.41 Å². The van der Waals surface area contributed by atoms with Gasteiger partial charge in [-0.2, -0.15) is 0 Å². The van der Waals surface area contributed by atoms with E-state index in [0.717, 1.165) is 11.2 Å². The summed E-state index contributed by atoms with van der Waals surface area (Å²) in [5.41, 5.74) is 14.7. The molecular weight excluding hydrogens is 629 g/mol. The fourth-order valence-electron chi connectivity index (χ4n) is 9.28. The van der Waals surface area contributed by atoms with E-state index in [9.17, 15) is 0 Å². The van der Waals surface area contributed by atoms with Gasteiger partial charge in [-0.3, -0.25) is 0 Å². The van der Waals surface area contributed by atoms with E-state index in [0.29, 0.717) is 0 Å². The van der Waals surface area contributed by atoms with Crippen molar-refractivity contribution in [3.05, 3.63) is 181 Å². The van der Waals surface area contributed by atoms with Gasteiger partial charge in [0.2, 0.25) is 0 Å². The zero-order chi connectivity index (χ0) is 34.6. The molecule has 9 aromatic carbocycles. The van der Waals surface area contributed by atoms with E-state index >= 15 is 0 Å². The first-order valence-corrected chi connectivity index (χ1v) is 18.2. The van der Waals surface area contributed by atoms with Gasteiger partial charge >= 0.3 is 0 Å². The number of benzene rings is 9. The Morgan fingerprint density at radius 2 is 0.962 bits per heavy atom. The van der Waals surface area contributed by atoms with Crippen LogP contribution in [0.4, 0.5) is 0 Å². The van der Waals surface area contributed by atoms with Crippen molar-refractivity contribution >= 4 is 54.3 Å². The lowest BCUT2D eigenvalue weighted by molar-refractivity contribution is 0.665. The molecule has 0 fully saturated rings. The molecule has 0 unspecified atom stereocenters. The Balaban J connectivity index is 1.09. The third-order valence-corrected chi connectivity index (χ3v) is 11.6. The molecule has 11 rings (SSSR count). The van der Waals surface area contributed by atoms with Crippen molar-refractivity contribution in [2.24, 2.45) is 0 Å². The fourth-order valence-corrected chi connectivity index (χ4v) is 9.28. The van der Waals surface area contributed by atoms with Gasteiger partial charge in [-0.05, 0) is 118 Å². The summed E-state index contributed by atoms with van der Waals surface area (Å²) in [6.45, 7) is 4.76. The van der Waals surface area contributed by atoms with Crippen LogP contribution in [0.2, 0.25) is 0 Å². The maximum absolute atomic E-state index is 6.27. The maximum Gasteiger partial charge on any atom is 0.136 e. The molecule has 10 aromatic rings. The third kappa shape index (κ3) is 4.11. The van der Waals surface area contributed by atoms with E-state index in [4.69, 9.17) is 4.42 Å². The van der Waals surface area contributed by atoms with E-state index < -0.39 is 0 Å². The highest BCUT2D eigenvalue weighted by Crippen LogP contribution is 2.53. The van der Waals surface area contributed by atoms with Crippen molar-refractivity contribution in [2.45, 2.75) is 19.3 Å². The molecule has 0 amide bonds. The Labute approximate surface area is 302 Å². The number of fused-ring (bicyclic) bond motifs is 10. The smallest absolute Gasteiger partial charge is 0.136 e. The molecular formula is C51H34O. The van der Waals surface area contributed by atoms with Gasteiger partial charge in [0.25, 0.3) is 0 Å². The molecule has 0 saturated carbocycles. The average molecular weight is 663 g/mol. The van der Waals surface area contributed by atoms with Gasteiger partial charge < -0.3 is 4.42 Å². The summed E-state index contributed by atoms with van der Waals surface area (Å²) in [5.74, 6) is 0. The van der Waals surface area contributed by atoms with Crippen molar-refractivity contribution in [1.82, 2.24) is 0 Å². The highest BCUT2D eigenvalue weighted by atomic mass is 16.3. The van der Waals surface area contributed by atoms with Crippen LogP contribution in [0.1, 0.15) is 25.0 Å². The Bertz CT molecular complexity index is 3030. The minimum atomic E-state index is -0.143. The highest BCUT2D eigenvalue weighted by molar-refractivity contribution is 6.21. The summed E-state index contributed by atoms with van der Waals surface area (Å²) < 4.78 is 6.27. The highest BCUT2D eigenvalue weighted by Gasteiger charge is 2.37. The molecule has 0 radical (unpaired) electrons. The predicted octanol–water partition coefficient (Wildman–Crippen LogP) is 14.4. The minimum absolute atomic E-state index is 0.143. The Kier molecular flexibility index (Phi) is 6.08. The first-order chi connectivity index (χ1) is 25.5. The molecule has 1 aliphatic carbocycles. The average Bonchev–Trinajstić information content (AvgIpc) is 3.67. The minimum Gasteiger partial charge on any atom is -0.456 e. The van der Waals surface area contributed by atoms with E-state index in [1.165, 1.54) is 98.7 Å². The van der Waals surface area contributed by atoms with Gasteiger partial charge in [0.05, 0.1) is 0 Å². The van der Waals surface area contributed by atoms with Gasteiger partial charge in [-0.1, -0.05) is 153 Å². The molecule has 1 nitrogen and oxygen atoms in total. The topological polar surface area (TPSA) is 13.1 Å². The van der Waals surface area contributed by atoms with E-state index in [2.05, 4.69) is 178 Å². The summed E-state index contributed by atoms with van der Waals surface area (Å²) in [7, 11) is 0. The Morgan fingerprint density at radius 1 is 0.365 bits per heavy atom. The van der Waals surface area contributed by atoms with Crippen LogP contribution in [0.25, 0.3) is 98.8 Å². The second-order valence-corrected chi connectivity index (χ2v) is 14.8. The number of para-hydroxylation sites is 1. The molecule has 0 atom stereocenters. The molecule has 0 bridgehead atoms. The summed E-state index contributed by atoms with van der Waals surface area (Å²) in [4.78, 5) is 0. The summed E-state index contributed by atoms with van der Waals surface area (Å²) in [6, 6.07) is 62.4. The lowest BCUT2D eigenvalue weighted by atomic mass is 9.80. The quantitative estimate of drug-likeness (QED) is 0.172. The molecule has 1 heterocycles. The first kappa shape index (κ1) is 29.3. The predicted molar refractivity (Wildman–Crippen MR) is 220 cm³/mol. The van der Waals surface area contributed by atoms with Gasteiger partial charge in [-0.15, -0.1) is 0 Å². The number of hydrogen-bond acceptors (Lipinski definition) is 1. The van der Waals surface area contributed by atoms with Gasteiger partial charge in [0.1, 0.15) is 11.2 Å². The van der Waals surface area contributed by atoms with Crippen molar-refractivity contribution in [3.63, 3.8) is 0 Å². The summed E-state index contributed by atoms with van der Waals surface area (Å²) in [5, 5.41) is 9.96. The van der Waals surface area contributed by atoms with Gasteiger partial charge in [0.15, 0.2) is 0 Å².